The zero-order valence-electron chi connectivity index (χ0n) is 39.7. The van der Waals surface area contributed by atoms with Crippen LogP contribution in [-0.2, 0) is 36.8 Å². The molecule has 7 rings (SSSR count). The fraction of sp³-hybridized carbons (Fsp3) is 0.633. The van der Waals surface area contributed by atoms with Crippen molar-refractivity contribution < 1.29 is 33.7 Å². The summed E-state index contributed by atoms with van der Waals surface area (Å²) in [5, 5.41) is 16.1. The molecule has 2 aromatic heterocycles. The molecule has 3 aliphatic heterocycles. The average molecular weight is 885 g/mol. The van der Waals surface area contributed by atoms with Crippen LogP contribution in [0.25, 0.3) is 27.7 Å². The molecule has 3 atom stereocenters. The van der Waals surface area contributed by atoms with Crippen LogP contribution in [0.4, 0.5) is 10.5 Å². The minimum atomic E-state index is -0.941. The summed E-state index contributed by atoms with van der Waals surface area (Å²) in [5.41, 5.74) is 10.5. The number of hydrogen-bond donors (Lipinski definition) is 3. The molecular formula is C49H72N8O7. The van der Waals surface area contributed by atoms with Crippen molar-refractivity contribution in [3.63, 3.8) is 0 Å². The Morgan fingerprint density at radius 1 is 1.00 bits per heavy atom. The number of pyridine rings is 1. The van der Waals surface area contributed by atoms with Crippen LogP contribution in [-0.4, -0.2) is 144 Å². The number of aromatic nitrogens is 2. The van der Waals surface area contributed by atoms with E-state index in [1.54, 1.807) is 27.9 Å². The van der Waals surface area contributed by atoms with Gasteiger partial charge in [0, 0.05) is 95.1 Å². The van der Waals surface area contributed by atoms with Crippen molar-refractivity contribution in [3.05, 3.63) is 53.4 Å². The van der Waals surface area contributed by atoms with E-state index < -0.39 is 35.2 Å². The molecule has 0 bridgehead atoms. The number of rotatable bonds is 15. The molecule has 1 aromatic carbocycles. The van der Waals surface area contributed by atoms with Gasteiger partial charge >= 0.3 is 12.1 Å². The number of fused-ring (bicyclic) bond motifs is 1. The second kappa shape index (κ2) is 19.9. The van der Waals surface area contributed by atoms with Crippen molar-refractivity contribution in [3.8, 4) is 11.3 Å². The third kappa shape index (κ3) is 10.9. The first-order valence-corrected chi connectivity index (χ1v) is 23.4. The second-order valence-electron chi connectivity index (χ2n) is 19.8. The van der Waals surface area contributed by atoms with Gasteiger partial charge in [0.25, 0.3) is 5.91 Å². The van der Waals surface area contributed by atoms with Crippen LogP contribution in [0.5, 0.6) is 0 Å². The number of benzene rings is 1. The number of aliphatic hydroxyl groups is 1. The molecule has 0 radical (unpaired) electrons. The zero-order valence-corrected chi connectivity index (χ0v) is 39.7. The lowest BCUT2D eigenvalue weighted by atomic mass is 9.84. The summed E-state index contributed by atoms with van der Waals surface area (Å²) in [7, 11) is 3.07. The van der Waals surface area contributed by atoms with Crippen LogP contribution in [0.15, 0.2) is 36.5 Å². The van der Waals surface area contributed by atoms with Gasteiger partial charge in [-0.15, -0.1) is 0 Å². The Hall–Kier alpha value is -4.54. The number of aliphatic hydroxyl groups excluding tert-OH is 1. The van der Waals surface area contributed by atoms with Gasteiger partial charge in [-0.25, -0.2) is 10.2 Å². The van der Waals surface area contributed by atoms with Crippen molar-refractivity contribution in [2.24, 2.45) is 5.41 Å². The average Bonchev–Trinajstić information content (AvgIpc) is 4.10. The lowest BCUT2D eigenvalue weighted by Gasteiger charge is -2.37. The van der Waals surface area contributed by atoms with E-state index in [1.165, 1.54) is 30.5 Å². The number of carbonyl (C=O) groups excluding carboxylic acids is 3. The third-order valence-electron chi connectivity index (χ3n) is 13.2. The van der Waals surface area contributed by atoms with E-state index in [2.05, 4.69) is 88.0 Å². The van der Waals surface area contributed by atoms with E-state index in [0.717, 1.165) is 89.9 Å². The Labute approximate surface area is 379 Å². The molecule has 15 nitrogen and oxygen atoms in total. The van der Waals surface area contributed by atoms with Crippen molar-refractivity contribution in [1.82, 2.24) is 35.1 Å². The molecule has 4 aliphatic rings. The molecule has 3 fully saturated rings. The van der Waals surface area contributed by atoms with Crippen molar-refractivity contribution in [2.45, 2.75) is 123 Å². The van der Waals surface area contributed by atoms with E-state index in [0.29, 0.717) is 38.9 Å². The topological polar surface area (TPSA) is 154 Å². The molecule has 1 aliphatic carbocycles. The van der Waals surface area contributed by atoms with Gasteiger partial charge in [-0.3, -0.25) is 29.4 Å². The number of aryl methyl sites for hydroxylation is 1. The summed E-state index contributed by atoms with van der Waals surface area (Å²) in [6.07, 6.45) is 8.54. The van der Waals surface area contributed by atoms with E-state index in [-0.39, 0.29) is 25.2 Å². The number of carbonyl (C=O) groups is 3. The van der Waals surface area contributed by atoms with Crippen LogP contribution in [0.2, 0.25) is 0 Å². The molecule has 0 unspecified atom stereocenters. The summed E-state index contributed by atoms with van der Waals surface area (Å²) in [6, 6.07) is 8.19. The third-order valence-corrected chi connectivity index (χ3v) is 13.2. The number of methoxy groups -OCH3 is 2. The molecule has 15 heteroatoms. The lowest BCUT2D eigenvalue weighted by molar-refractivity contribution is -0.150. The van der Waals surface area contributed by atoms with E-state index in [4.69, 9.17) is 19.2 Å². The van der Waals surface area contributed by atoms with Crippen LogP contribution in [0.3, 0.4) is 0 Å². The first kappa shape index (κ1) is 47.4. The minimum absolute atomic E-state index is 0.0312. The molecule has 5 heterocycles. The zero-order chi connectivity index (χ0) is 45.9. The molecule has 2 saturated heterocycles. The maximum Gasteiger partial charge on any atom is 0.408 e. The Morgan fingerprint density at radius 2 is 1.75 bits per heavy atom. The molecule has 0 spiro atoms. The number of amides is 2. The van der Waals surface area contributed by atoms with Gasteiger partial charge < -0.3 is 34.1 Å². The van der Waals surface area contributed by atoms with Gasteiger partial charge in [-0.1, -0.05) is 26.0 Å². The van der Waals surface area contributed by atoms with Gasteiger partial charge in [0.1, 0.15) is 17.7 Å². The highest BCUT2D eigenvalue weighted by molar-refractivity contribution is 5.95. The number of anilines is 1. The highest BCUT2D eigenvalue weighted by atomic mass is 16.6. The SMILES string of the molecule is CCn1c(-c2cc(N3CCN(C4CC4)CC3)cnc2[C@H](C)OC)c(CC(C)(C)CO)c2cc(C3=CCCN(C[C@H](NC(=O)OC(C)(C)C)C(=O)N4CCC[C@@H](C(=O)OC)N4)C3)ccc21. The minimum Gasteiger partial charge on any atom is -0.468 e. The summed E-state index contributed by atoms with van der Waals surface area (Å²) in [5.74, 6) is -0.781. The number of piperazine rings is 1. The number of esters is 1. The number of nitrogens with one attached hydrogen (secondary N) is 2. The maximum absolute atomic E-state index is 14.2. The number of hydrazine groups is 1. The fourth-order valence-electron chi connectivity index (χ4n) is 9.53. The van der Waals surface area contributed by atoms with Gasteiger partial charge in [0.2, 0.25) is 0 Å². The van der Waals surface area contributed by atoms with Gasteiger partial charge in [0.05, 0.1) is 36.5 Å². The summed E-state index contributed by atoms with van der Waals surface area (Å²) in [4.78, 5) is 52.2. The molecule has 3 aromatic rings. The largest absolute Gasteiger partial charge is 0.468 e. The van der Waals surface area contributed by atoms with E-state index in [1.807, 2.05) is 6.20 Å². The lowest BCUT2D eigenvalue weighted by Crippen LogP contribution is -2.62. The number of ether oxygens (including phenoxy) is 3. The molecular weight excluding hydrogens is 813 g/mol. The predicted octanol–water partition coefficient (Wildman–Crippen LogP) is 5.93. The second-order valence-corrected chi connectivity index (χ2v) is 19.8. The summed E-state index contributed by atoms with van der Waals surface area (Å²) < 4.78 is 18.9. The highest BCUT2D eigenvalue weighted by Crippen LogP contribution is 2.43. The Kier molecular flexibility index (Phi) is 14.8. The van der Waals surface area contributed by atoms with Gasteiger partial charge in [-0.05, 0) is 113 Å². The first-order valence-electron chi connectivity index (χ1n) is 23.4. The predicted molar refractivity (Wildman–Crippen MR) is 250 cm³/mol. The van der Waals surface area contributed by atoms with Crippen molar-refractivity contribution in [2.75, 3.05) is 78.1 Å². The number of alkyl carbamates (subject to hydrolysis) is 1. The molecule has 1 saturated carbocycles. The number of hydrogen-bond acceptors (Lipinski definition) is 12. The summed E-state index contributed by atoms with van der Waals surface area (Å²) in [6.45, 7) is 20.5. The fourth-order valence-corrected chi connectivity index (χ4v) is 9.53. The summed E-state index contributed by atoms with van der Waals surface area (Å²) >= 11 is 0. The van der Waals surface area contributed by atoms with Crippen LogP contribution < -0.4 is 15.6 Å². The van der Waals surface area contributed by atoms with E-state index in [9.17, 15) is 19.5 Å². The normalized spacial score (nSPS) is 20.2. The van der Waals surface area contributed by atoms with Crippen LogP contribution >= 0.6 is 0 Å². The van der Waals surface area contributed by atoms with Crippen molar-refractivity contribution in [1.29, 1.82) is 0 Å². The standard InChI is InChI=1S/C49H72N8O7/c1-10-56-42-18-15-33(34-13-11-19-53(29-34)30-41(51-47(61)64-48(3,4)5)45(59)57-20-12-14-40(52-57)46(60)63-9)25-37(42)39(27-49(6,7)31-58)44(56)38-26-36(28-50-43(38)32(2)62-8)55-23-21-54(22-24-55)35-16-17-35/h13,15,18,25-26,28,32,35,40-41,52,58H,10-12,14,16-17,19-24,27,29-31H2,1-9H3,(H,51,61)/t32-,40-,41-/m0/s1. The van der Waals surface area contributed by atoms with Crippen molar-refractivity contribution >= 4 is 40.1 Å². The van der Waals surface area contributed by atoms with Gasteiger partial charge in [0.15, 0.2) is 0 Å². The Morgan fingerprint density at radius 3 is 2.41 bits per heavy atom. The molecule has 350 valence electrons. The molecule has 64 heavy (non-hydrogen) atoms. The number of nitrogens with zero attached hydrogens (tertiary/aromatic N) is 6. The molecule has 3 N–H and O–H groups in total. The quantitative estimate of drug-likeness (QED) is 0.155. The maximum atomic E-state index is 14.2. The Balaban J connectivity index is 1.22. The van der Waals surface area contributed by atoms with E-state index >= 15 is 0 Å². The monoisotopic (exact) mass is 885 g/mol. The first-order chi connectivity index (χ1) is 30.5. The smallest absolute Gasteiger partial charge is 0.408 e. The molecule has 2 amide bonds. The van der Waals surface area contributed by atoms with Crippen LogP contribution in [0, 0.1) is 5.41 Å². The Bertz CT molecular complexity index is 2180. The highest BCUT2D eigenvalue weighted by Gasteiger charge is 2.36. The van der Waals surface area contributed by atoms with Crippen LogP contribution in [0.1, 0.15) is 103 Å². The van der Waals surface area contributed by atoms with Gasteiger partial charge in [-0.2, -0.15) is 0 Å².